The lowest BCUT2D eigenvalue weighted by atomic mass is 10.1. The van der Waals surface area contributed by atoms with Gasteiger partial charge in [-0.15, -0.1) is 0 Å². The molecule has 27 heavy (non-hydrogen) atoms. The Morgan fingerprint density at radius 3 is 2.56 bits per heavy atom. The van der Waals surface area contributed by atoms with Crippen LogP contribution in [0.5, 0.6) is 11.5 Å². The van der Waals surface area contributed by atoms with Crippen LogP contribution in [0.2, 0.25) is 0 Å². The minimum Gasteiger partial charge on any atom is -0.493 e. The third kappa shape index (κ3) is 4.11. The zero-order valence-corrected chi connectivity index (χ0v) is 15.5. The molecular formula is C21H21NO5. The van der Waals surface area contributed by atoms with Crippen LogP contribution in [0.1, 0.15) is 21.5 Å². The van der Waals surface area contributed by atoms with Crippen LogP contribution in [0.4, 0.5) is 0 Å². The molecule has 0 radical (unpaired) electrons. The molecular weight excluding hydrogens is 346 g/mol. The maximum Gasteiger partial charge on any atom is 0.349 e. The molecule has 1 aromatic heterocycles. The number of nitrogens with one attached hydrogen (secondary N) is 1. The Balaban J connectivity index is 1.70. The first-order chi connectivity index (χ1) is 13.0. The smallest absolute Gasteiger partial charge is 0.349 e. The molecule has 6 nitrogen and oxygen atoms in total. The summed E-state index contributed by atoms with van der Waals surface area (Å²) in [5.41, 5.74) is 1.83. The van der Waals surface area contributed by atoms with Crippen molar-refractivity contribution in [2.45, 2.75) is 13.3 Å². The van der Waals surface area contributed by atoms with Gasteiger partial charge in [0.15, 0.2) is 11.5 Å². The van der Waals surface area contributed by atoms with E-state index in [9.17, 15) is 9.59 Å². The fourth-order valence-corrected chi connectivity index (χ4v) is 2.85. The normalized spacial score (nSPS) is 10.6. The first kappa shape index (κ1) is 18.5. The molecule has 0 aliphatic rings. The summed E-state index contributed by atoms with van der Waals surface area (Å²) in [4.78, 5) is 24.5. The molecule has 1 N–H and O–H groups in total. The first-order valence-electron chi connectivity index (χ1n) is 8.55. The minimum atomic E-state index is -0.644. The Morgan fingerprint density at radius 1 is 1.04 bits per heavy atom. The van der Waals surface area contributed by atoms with Gasteiger partial charge in [-0.25, -0.2) is 4.79 Å². The Hall–Kier alpha value is -3.28. The number of benzene rings is 2. The summed E-state index contributed by atoms with van der Waals surface area (Å²) in [6.07, 6.45) is 0.587. The molecule has 0 atom stereocenters. The Kier molecular flexibility index (Phi) is 5.45. The van der Waals surface area contributed by atoms with Gasteiger partial charge in [0, 0.05) is 11.9 Å². The quantitative estimate of drug-likeness (QED) is 0.678. The minimum absolute atomic E-state index is 0.000381. The third-order valence-corrected chi connectivity index (χ3v) is 4.28. The number of ether oxygens (including phenoxy) is 2. The van der Waals surface area contributed by atoms with Crippen LogP contribution < -0.4 is 20.4 Å². The van der Waals surface area contributed by atoms with Crippen LogP contribution in [0, 0.1) is 6.92 Å². The highest BCUT2D eigenvalue weighted by Gasteiger charge is 2.13. The molecule has 140 valence electrons. The van der Waals surface area contributed by atoms with Gasteiger partial charge in [-0.2, -0.15) is 0 Å². The van der Waals surface area contributed by atoms with Crippen molar-refractivity contribution < 1.29 is 18.7 Å². The maximum absolute atomic E-state index is 12.4. The molecule has 0 aliphatic heterocycles. The lowest BCUT2D eigenvalue weighted by Gasteiger charge is -2.10. The topological polar surface area (TPSA) is 77.8 Å². The molecule has 1 heterocycles. The molecule has 0 bridgehead atoms. The highest BCUT2D eigenvalue weighted by molar-refractivity contribution is 5.96. The van der Waals surface area contributed by atoms with Crippen LogP contribution in [0.15, 0.2) is 51.7 Å². The van der Waals surface area contributed by atoms with Gasteiger partial charge >= 0.3 is 5.63 Å². The number of fused-ring (bicyclic) bond motifs is 1. The standard InChI is InChI=1S/C21H21NO5/c1-13-4-6-17-15(10-13)12-16(21(24)27-17)20(23)22-9-8-14-5-7-18(25-2)19(11-14)26-3/h4-7,10-12H,8-9H2,1-3H3,(H,22,23). The van der Waals surface area contributed by atoms with E-state index >= 15 is 0 Å². The van der Waals surface area contributed by atoms with Crippen molar-refractivity contribution >= 4 is 16.9 Å². The summed E-state index contributed by atoms with van der Waals surface area (Å²) in [5, 5.41) is 3.48. The number of aryl methyl sites for hydroxylation is 1. The predicted octanol–water partition coefficient (Wildman–Crippen LogP) is 3.09. The Labute approximate surface area is 156 Å². The zero-order valence-electron chi connectivity index (χ0n) is 15.5. The number of carbonyl (C=O) groups excluding carboxylic acids is 1. The van der Waals surface area contributed by atoms with Gasteiger partial charge in [0.25, 0.3) is 5.91 Å². The van der Waals surface area contributed by atoms with Gasteiger partial charge in [0.05, 0.1) is 14.2 Å². The van der Waals surface area contributed by atoms with Crippen LogP contribution in [0.25, 0.3) is 11.0 Å². The van der Waals surface area contributed by atoms with E-state index in [2.05, 4.69) is 5.32 Å². The molecule has 0 spiro atoms. The highest BCUT2D eigenvalue weighted by atomic mass is 16.5. The largest absolute Gasteiger partial charge is 0.493 e. The van der Waals surface area contributed by atoms with Crippen LogP contribution in [-0.4, -0.2) is 26.7 Å². The average molecular weight is 367 g/mol. The van der Waals surface area contributed by atoms with E-state index in [1.807, 2.05) is 37.3 Å². The van der Waals surface area contributed by atoms with Gasteiger partial charge in [-0.3, -0.25) is 4.79 Å². The summed E-state index contributed by atoms with van der Waals surface area (Å²) >= 11 is 0. The van der Waals surface area contributed by atoms with E-state index in [1.165, 1.54) is 0 Å². The number of amides is 1. The first-order valence-corrected chi connectivity index (χ1v) is 8.55. The molecule has 0 fully saturated rings. The number of hydrogen-bond donors (Lipinski definition) is 1. The number of carbonyl (C=O) groups is 1. The molecule has 1 amide bonds. The number of methoxy groups -OCH3 is 2. The fourth-order valence-electron chi connectivity index (χ4n) is 2.85. The third-order valence-electron chi connectivity index (χ3n) is 4.28. The summed E-state index contributed by atoms with van der Waals surface area (Å²) in [6, 6.07) is 12.6. The number of rotatable bonds is 6. The zero-order chi connectivity index (χ0) is 19.4. The lowest BCUT2D eigenvalue weighted by molar-refractivity contribution is 0.0950. The van der Waals surface area contributed by atoms with Gasteiger partial charge in [0.1, 0.15) is 11.1 Å². The summed E-state index contributed by atoms with van der Waals surface area (Å²) in [5.74, 6) is 0.828. The highest BCUT2D eigenvalue weighted by Crippen LogP contribution is 2.27. The molecule has 3 rings (SSSR count). The van der Waals surface area contributed by atoms with Gasteiger partial charge < -0.3 is 19.2 Å². The fraction of sp³-hybridized carbons (Fsp3) is 0.238. The molecule has 0 saturated heterocycles. The van der Waals surface area contributed by atoms with E-state index in [0.717, 1.165) is 16.5 Å². The van der Waals surface area contributed by atoms with E-state index in [1.54, 1.807) is 26.4 Å². The molecule has 6 heteroatoms. The molecule has 2 aromatic carbocycles. The van der Waals surface area contributed by atoms with Crippen molar-refractivity contribution in [2.24, 2.45) is 0 Å². The average Bonchev–Trinajstić information content (AvgIpc) is 2.67. The monoisotopic (exact) mass is 367 g/mol. The van der Waals surface area contributed by atoms with Crippen molar-refractivity contribution in [3.63, 3.8) is 0 Å². The van der Waals surface area contributed by atoms with E-state index in [-0.39, 0.29) is 5.56 Å². The Morgan fingerprint density at radius 2 is 1.81 bits per heavy atom. The van der Waals surface area contributed by atoms with Gasteiger partial charge in [-0.1, -0.05) is 17.7 Å². The van der Waals surface area contributed by atoms with Crippen molar-refractivity contribution in [2.75, 3.05) is 20.8 Å². The van der Waals surface area contributed by atoms with Crippen LogP contribution in [-0.2, 0) is 6.42 Å². The summed E-state index contributed by atoms with van der Waals surface area (Å²) < 4.78 is 15.7. The molecule has 3 aromatic rings. The second-order valence-corrected chi connectivity index (χ2v) is 6.18. The van der Waals surface area contributed by atoms with Crippen molar-refractivity contribution in [1.29, 1.82) is 0 Å². The van der Waals surface area contributed by atoms with Crippen molar-refractivity contribution in [3.05, 3.63) is 69.6 Å². The van der Waals surface area contributed by atoms with E-state index in [4.69, 9.17) is 13.9 Å². The van der Waals surface area contributed by atoms with Crippen molar-refractivity contribution in [1.82, 2.24) is 5.32 Å². The Bertz CT molecular complexity index is 1040. The molecule has 0 aliphatic carbocycles. The number of hydrogen-bond acceptors (Lipinski definition) is 5. The summed E-state index contributed by atoms with van der Waals surface area (Å²) in [6.45, 7) is 2.31. The molecule has 0 saturated carbocycles. The van der Waals surface area contributed by atoms with Gasteiger partial charge in [0.2, 0.25) is 0 Å². The second-order valence-electron chi connectivity index (χ2n) is 6.18. The lowest BCUT2D eigenvalue weighted by Crippen LogP contribution is -2.29. The second kappa shape index (κ2) is 7.95. The summed E-state index contributed by atoms with van der Waals surface area (Å²) in [7, 11) is 3.15. The maximum atomic E-state index is 12.4. The van der Waals surface area contributed by atoms with Crippen LogP contribution >= 0.6 is 0 Å². The van der Waals surface area contributed by atoms with E-state index in [0.29, 0.717) is 30.0 Å². The molecule has 0 unspecified atom stereocenters. The predicted molar refractivity (Wildman–Crippen MR) is 103 cm³/mol. The van der Waals surface area contributed by atoms with Gasteiger partial charge in [-0.05, 0) is 49.2 Å². The van der Waals surface area contributed by atoms with Crippen LogP contribution in [0.3, 0.4) is 0 Å². The SMILES string of the molecule is COc1ccc(CCNC(=O)c2cc3cc(C)ccc3oc2=O)cc1OC. The van der Waals surface area contributed by atoms with E-state index < -0.39 is 11.5 Å². The van der Waals surface area contributed by atoms with Crippen molar-refractivity contribution in [3.8, 4) is 11.5 Å².